The maximum Gasteiger partial charge on any atom is 0.312 e. The van der Waals surface area contributed by atoms with Gasteiger partial charge in [-0.05, 0) is 31.6 Å². The van der Waals surface area contributed by atoms with Gasteiger partial charge in [0.05, 0.1) is 37.2 Å². The van der Waals surface area contributed by atoms with Gasteiger partial charge in [-0.15, -0.1) is 13.2 Å². The Labute approximate surface area is 234 Å². The van der Waals surface area contributed by atoms with Gasteiger partial charge >= 0.3 is 5.97 Å². The number of fused-ring (bicyclic) bond motifs is 1. The molecule has 4 fully saturated rings. The summed E-state index contributed by atoms with van der Waals surface area (Å²) >= 11 is 3.71. The minimum absolute atomic E-state index is 0.0491. The van der Waals surface area contributed by atoms with Crippen molar-refractivity contribution < 1.29 is 29.0 Å². The number of nitrogens with zero attached hydrogens (tertiary/aromatic N) is 2. The van der Waals surface area contributed by atoms with Gasteiger partial charge < -0.3 is 24.4 Å². The molecule has 1 aliphatic carbocycles. The van der Waals surface area contributed by atoms with E-state index in [1.54, 1.807) is 17.1 Å². The Balaban J connectivity index is 1.78. The minimum Gasteiger partial charge on any atom is -0.465 e. The van der Waals surface area contributed by atoms with Gasteiger partial charge in [-0.2, -0.15) is 0 Å². The van der Waals surface area contributed by atoms with Gasteiger partial charge in [0.2, 0.25) is 11.8 Å². The summed E-state index contributed by atoms with van der Waals surface area (Å²) in [6.45, 7) is 11.9. The number of carbonyl (C=O) groups is 3. The molecule has 8 nitrogen and oxygen atoms in total. The third-order valence-corrected chi connectivity index (χ3v) is 10.1. The molecule has 3 aliphatic heterocycles. The summed E-state index contributed by atoms with van der Waals surface area (Å²) in [7, 11) is 0. The molecule has 0 aromatic rings. The van der Waals surface area contributed by atoms with Crippen LogP contribution in [0.15, 0.2) is 25.3 Å². The molecule has 3 saturated heterocycles. The molecule has 2 bridgehead atoms. The summed E-state index contributed by atoms with van der Waals surface area (Å²) in [5, 5.41) is 10.5. The molecular formula is C29H43BrN2O6. The highest BCUT2D eigenvalue weighted by atomic mass is 79.9. The number of alkyl halides is 1. The molecule has 38 heavy (non-hydrogen) atoms. The van der Waals surface area contributed by atoms with Crippen molar-refractivity contribution in [1.82, 2.24) is 9.80 Å². The van der Waals surface area contributed by atoms with Crippen molar-refractivity contribution in [2.45, 2.75) is 99.9 Å². The van der Waals surface area contributed by atoms with E-state index in [-0.39, 0.29) is 41.8 Å². The van der Waals surface area contributed by atoms with Gasteiger partial charge in [0.25, 0.3) is 0 Å². The molecule has 2 amide bonds. The van der Waals surface area contributed by atoms with Crippen molar-refractivity contribution in [3.8, 4) is 0 Å². The fourth-order valence-electron chi connectivity index (χ4n) is 7.23. The SMILES string of the molecule is C=CCCOC(=O)[C@H]1[C@H]2C(=O)N([C@@H](CO)[C@@H](C)CC)C(C(=O)N(CC=C)C3CCCCC3)C23CC(Br)[C@@H]1O3. The van der Waals surface area contributed by atoms with E-state index in [1.165, 1.54) is 0 Å². The molecule has 3 unspecified atom stereocenters. The first-order chi connectivity index (χ1) is 18.3. The number of aliphatic hydroxyl groups is 1. The second-order valence-electron chi connectivity index (χ2n) is 11.4. The first kappa shape index (κ1) is 29.3. The van der Waals surface area contributed by atoms with Crippen LogP contribution in [0.4, 0.5) is 0 Å². The molecule has 0 radical (unpaired) electrons. The second-order valence-corrected chi connectivity index (χ2v) is 12.5. The molecule has 1 saturated carbocycles. The van der Waals surface area contributed by atoms with E-state index in [1.807, 2.05) is 18.7 Å². The maximum absolute atomic E-state index is 14.6. The van der Waals surface area contributed by atoms with Crippen LogP contribution in [0.2, 0.25) is 0 Å². The summed E-state index contributed by atoms with van der Waals surface area (Å²) in [5.41, 5.74) is -1.16. The third-order valence-electron chi connectivity index (χ3n) is 9.27. The highest BCUT2D eigenvalue weighted by Crippen LogP contribution is 2.61. The fourth-order valence-corrected chi connectivity index (χ4v) is 8.18. The average molecular weight is 596 g/mol. The van der Waals surface area contributed by atoms with Crippen LogP contribution in [0.3, 0.4) is 0 Å². The van der Waals surface area contributed by atoms with Crippen LogP contribution >= 0.6 is 15.9 Å². The van der Waals surface area contributed by atoms with E-state index >= 15 is 0 Å². The number of aliphatic hydroxyl groups excluding tert-OH is 1. The zero-order chi connectivity index (χ0) is 27.6. The summed E-state index contributed by atoms with van der Waals surface area (Å²) in [6, 6.07) is -1.42. The van der Waals surface area contributed by atoms with Crippen LogP contribution in [0, 0.1) is 17.8 Å². The highest BCUT2D eigenvalue weighted by Gasteiger charge is 2.77. The number of hydrogen-bond acceptors (Lipinski definition) is 6. The van der Waals surface area contributed by atoms with Gasteiger partial charge in [0.1, 0.15) is 11.6 Å². The van der Waals surface area contributed by atoms with Crippen LogP contribution in [0.1, 0.15) is 65.2 Å². The Kier molecular flexibility index (Phi) is 9.41. The Morgan fingerprint density at radius 1 is 1.29 bits per heavy atom. The summed E-state index contributed by atoms with van der Waals surface area (Å²) in [4.78, 5) is 45.6. The standard InChI is InChI=1S/C29H43BrN2O6/c1-5-8-15-37-28(36)22-23-26(34)32(21(17-33)18(4)7-3)25(29(23)16-20(30)24(22)38-29)27(35)31(14-6-2)19-12-10-9-11-13-19/h5-6,18-25,33H,1-2,7-17H2,3-4H3/t18-,20?,21-,22-,23-,24-,25?,29?/m0/s1. The van der Waals surface area contributed by atoms with Crippen molar-refractivity contribution in [2.24, 2.45) is 17.8 Å². The molecule has 1 spiro atoms. The number of rotatable bonds is 12. The van der Waals surface area contributed by atoms with Gasteiger partial charge in [-0.1, -0.05) is 67.6 Å². The second kappa shape index (κ2) is 12.2. The van der Waals surface area contributed by atoms with Crippen molar-refractivity contribution in [3.63, 3.8) is 0 Å². The molecule has 9 heteroatoms. The Morgan fingerprint density at radius 3 is 2.61 bits per heavy atom. The molecule has 1 N–H and O–H groups in total. The van der Waals surface area contributed by atoms with E-state index in [2.05, 4.69) is 29.1 Å². The van der Waals surface area contributed by atoms with Crippen molar-refractivity contribution >= 4 is 33.7 Å². The normalized spacial score (nSPS) is 34.1. The molecule has 0 aromatic heterocycles. The Bertz CT molecular complexity index is 923. The van der Waals surface area contributed by atoms with Crippen LogP contribution in [-0.4, -0.2) is 87.1 Å². The van der Waals surface area contributed by atoms with Gasteiger partial charge in [0.15, 0.2) is 0 Å². The van der Waals surface area contributed by atoms with Gasteiger partial charge in [-0.3, -0.25) is 14.4 Å². The molecular weight excluding hydrogens is 552 g/mol. The largest absolute Gasteiger partial charge is 0.465 e. The first-order valence-electron chi connectivity index (χ1n) is 14.2. The molecule has 8 atom stereocenters. The number of esters is 1. The average Bonchev–Trinajstić information content (AvgIpc) is 3.51. The lowest BCUT2D eigenvalue weighted by molar-refractivity contribution is -0.157. The molecule has 0 aromatic carbocycles. The molecule has 4 rings (SSSR count). The van der Waals surface area contributed by atoms with Crippen LogP contribution < -0.4 is 0 Å². The van der Waals surface area contributed by atoms with E-state index in [0.29, 0.717) is 19.4 Å². The number of hydrogen-bond donors (Lipinski definition) is 1. The predicted octanol–water partition coefficient (Wildman–Crippen LogP) is 3.61. The summed E-state index contributed by atoms with van der Waals surface area (Å²) < 4.78 is 12.2. The topological polar surface area (TPSA) is 96.4 Å². The van der Waals surface area contributed by atoms with Gasteiger partial charge in [-0.25, -0.2) is 0 Å². The number of halogens is 1. The fraction of sp³-hybridized carbons (Fsp3) is 0.759. The lowest BCUT2D eigenvalue weighted by atomic mass is 9.70. The maximum atomic E-state index is 14.6. The predicted molar refractivity (Wildman–Crippen MR) is 147 cm³/mol. The molecule has 4 aliphatic rings. The van der Waals surface area contributed by atoms with Crippen molar-refractivity contribution in [1.29, 1.82) is 0 Å². The van der Waals surface area contributed by atoms with E-state index in [0.717, 1.165) is 38.5 Å². The number of ether oxygens (including phenoxy) is 2. The molecule has 3 heterocycles. The number of carbonyl (C=O) groups excluding carboxylic acids is 3. The van der Waals surface area contributed by atoms with Crippen LogP contribution in [0.5, 0.6) is 0 Å². The van der Waals surface area contributed by atoms with E-state index in [9.17, 15) is 19.5 Å². The summed E-state index contributed by atoms with van der Waals surface area (Å²) in [6.07, 6.45) is 9.61. The van der Waals surface area contributed by atoms with Crippen molar-refractivity contribution in [3.05, 3.63) is 25.3 Å². The third kappa shape index (κ3) is 4.87. The zero-order valence-corrected chi connectivity index (χ0v) is 24.3. The first-order valence-corrected chi connectivity index (χ1v) is 15.1. The highest BCUT2D eigenvalue weighted by molar-refractivity contribution is 9.09. The lowest BCUT2D eigenvalue weighted by Crippen LogP contribution is -2.61. The Hall–Kier alpha value is -1.71. The Morgan fingerprint density at radius 2 is 2.00 bits per heavy atom. The summed E-state index contributed by atoms with van der Waals surface area (Å²) in [5.74, 6) is -2.64. The quantitative estimate of drug-likeness (QED) is 0.160. The minimum atomic E-state index is -1.16. The zero-order valence-electron chi connectivity index (χ0n) is 22.7. The van der Waals surface area contributed by atoms with Gasteiger partial charge in [0, 0.05) is 17.4 Å². The monoisotopic (exact) mass is 594 g/mol. The number of likely N-dealkylation sites (tertiary alicyclic amines) is 1. The van der Waals surface area contributed by atoms with Crippen LogP contribution in [-0.2, 0) is 23.9 Å². The lowest BCUT2D eigenvalue weighted by Gasteiger charge is -2.43. The van der Waals surface area contributed by atoms with E-state index in [4.69, 9.17) is 9.47 Å². The van der Waals surface area contributed by atoms with Crippen LogP contribution in [0.25, 0.3) is 0 Å². The molecule has 212 valence electrons. The number of amides is 2. The smallest absolute Gasteiger partial charge is 0.312 e. The van der Waals surface area contributed by atoms with E-state index < -0.39 is 41.6 Å². The van der Waals surface area contributed by atoms with Crippen molar-refractivity contribution in [2.75, 3.05) is 19.8 Å².